The molecule has 3 N–H and O–H groups in total. The molecule has 1 heterocycles. The number of aromatic hydroxyl groups is 2. The number of rotatable bonds is 3. The van der Waals surface area contributed by atoms with E-state index in [4.69, 9.17) is 11.6 Å². The van der Waals surface area contributed by atoms with Crippen LogP contribution in [0.5, 0.6) is 11.5 Å². The highest BCUT2D eigenvalue weighted by Gasteiger charge is 2.11. The molecule has 0 saturated carbocycles. The van der Waals surface area contributed by atoms with Crippen LogP contribution >= 0.6 is 11.6 Å². The Morgan fingerprint density at radius 2 is 1.87 bits per heavy atom. The zero-order valence-electron chi connectivity index (χ0n) is 12.3. The first-order valence-corrected chi connectivity index (χ1v) is 7.29. The number of hydrogen-bond donors (Lipinski definition) is 3. The summed E-state index contributed by atoms with van der Waals surface area (Å²) in [5.41, 5.74) is 3.19. The summed E-state index contributed by atoms with van der Waals surface area (Å²) in [5, 5.41) is 26.9. The molecule has 3 rings (SSSR count). The number of nitrogens with one attached hydrogen (secondary N) is 1. The van der Waals surface area contributed by atoms with Gasteiger partial charge in [-0.2, -0.15) is 5.10 Å². The van der Waals surface area contributed by atoms with Crippen LogP contribution in [0.3, 0.4) is 0 Å². The van der Waals surface area contributed by atoms with Crippen molar-refractivity contribution in [2.45, 2.75) is 6.92 Å². The second-order valence-electron chi connectivity index (χ2n) is 5.06. The topological polar surface area (TPSA) is 81.5 Å². The van der Waals surface area contributed by atoms with E-state index in [9.17, 15) is 10.2 Å². The van der Waals surface area contributed by atoms with Crippen molar-refractivity contribution in [3.05, 3.63) is 58.7 Å². The first-order chi connectivity index (χ1) is 11.0. The summed E-state index contributed by atoms with van der Waals surface area (Å²) in [4.78, 5) is 4.34. The highest BCUT2D eigenvalue weighted by Crippen LogP contribution is 2.32. The van der Waals surface area contributed by atoms with Crippen LogP contribution in [0.25, 0.3) is 11.1 Å². The van der Waals surface area contributed by atoms with Gasteiger partial charge >= 0.3 is 0 Å². The third-order valence-corrected chi connectivity index (χ3v) is 3.65. The first-order valence-electron chi connectivity index (χ1n) is 6.91. The van der Waals surface area contributed by atoms with Crippen LogP contribution in [-0.2, 0) is 0 Å². The summed E-state index contributed by atoms with van der Waals surface area (Å²) < 4.78 is 0. The monoisotopic (exact) mass is 327 g/mol. The summed E-state index contributed by atoms with van der Waals surface area (Å²) in [6.07, 6.45) is 1.50. The maximum absolute atomic E-state index is 9.80. The van der Waals surface area contributed by atoms with Crippen LogP contribution in [0, 0.1) is 6.92 Å². The Morgan fingerprint density at radius 3 is 2.57 bits per heavy atom. The molecule has 2 aromatic carbocycles. The lowest BCUT2D eigenvalue weighted by molar-refractivity contribution is 0.450. The summed E-state index contributed by atoms with van der Waals surface area (Å²) in [7, 11) is 0. The molecule has 0 aliphatic rings. The standard InChI is InChI=1S/C17H14ClN3O2/c1-10-16(11-2-5-13(18)6-3-11)17(21-20-10)19-9-12-4-7-14(22)8-15(12)23/h2-9,22-23H,1H3,(H,20,21). The highest BCUT2D eigenvalue weighted by atomic mass is 35.5. The molecular formula is C17H14ClN3O2. The Bertz CT molecular complexity index is 870. The van der Waals surface area contributed by atoms with Gasteiger partial charge in [0.2, 0.25) is 0 Å². The average Bonchev–Trinajstić information content (AvgIpc) is 2.88. The number of aliphatic imine (C=N–C) groups is 1. The highest BCUT2D eigenvalue weighted by molar-refractivity contribution is 6.30. The number of phenols is 2. The van der Waals surface area contributed by atoms with Crippen molar-refractivity contribution in [1.29, 1.82) is 0 Å². The van der Waals surface area contributed by atoms with E-state index < -0.39 is 0 Å². The summed E-state index contributed by atoms with van der Waals surface area (Å²) in [6, 6.07) is 11.7. The fourth-order valence-electron chi connectivity index (χ4n) is 2.24. The summed E-state index contributed by atoms with van der Waals surface area (Å²) >= 11 is 5.92. The number of aromatic nitrogens is 2. The Kier molecular flexibility index (Phi) is 4.04. The molecule has 0 radical (unpaired) electrons. The predicted octanol–water partition coefficient (Wildman–Crippen LogP) is 4.20. The van der Waals surface area contributed by atoms with Gasteiger partial charge in [0.15, 0.2) is 5.82 Å². The van der Waals surface area contributed by atoms with Gasteiger partial charge in [-0.1, -0.05) is 23.7 Å². The molecule has 0 fully saturated rings. The molecule has 0 bridgehead atoms. The summed E-state index contributed by atoms with van der Waals surface area (Å²) in [5.74, 6) is 0.462. The molecule has 0 saturated heterocycles. The number of H-pyrrole nitrogens is 1. The molecule has 1 aromatic heterocycles. The fraction of sp³-hybridized carbons (Fsp3) is 0.0588. The van der Waals surface area contributed by atoms with Crippen molar-refractivity contribution in [2.75, 3.05) is 0 Å². The van der Waals surface area contributed by atoms with Crippen molar-refractivity contribution in [2.24, 2.45) is 4.99 Å². The molecule has 0 unspecified atom stereocenters. The average molecular weight is 328 g/mol. The van der Waals surface area contributed by atoms with Crippen LogP contribution in [-0.4, -0.2) is 26.6 Å². The third-order valence-electron chi connectivity index (χ3n) is 3.40. The van der Waals surface area contributed by atoms with Crippen molar-refractivity contribution in [1.82, 2.24) is 10.2 Å². The molecule has 3 aromatic rings. The molecule has 5 nitrogen and oxygen atoms in total. The van der Waals surface area contributed by atoms with Gasteiger partial charge in [-0.25, -0.2) is 4.99 Å². The second-order valence-corrected chi connectivity index (χ2v) is 5.49. The lowest BCUT2D eigenvalue weighted by Gasteiger charge is -2.02. The molecule has 0 aliphatic heterocycles. The van der Waals surface area contributed by atoms with Gasteiger partial charge in [0, 0.05) is 34.1 Å². The number of benzene rings is 2. The quantitative estimate of drug-likeness (QED) is 0.630. The minimum atomic E-state index is -0.0472. The van der Waals surface area contributed by atoms with Crippen LogP contribution in [0.15, 0.2) is 47.5 Å². The minimum absolute atomic E-state index is 0.00267. The Hall–Kier alpha value is -2.79. The van der Waals surface area contributed by atoms with Gasteiger partial charge in [0.1, 0.15) is 11.5 Å². The molecule has 6 heteroatoms. The van der Waals surface area contributed by atoms with E-state index in [1.807, 2.05) is 31.2 Å². The zero-order chi connectivity index (χ0) is 16.4. The number of phenolic OH excluding ortho intramolecular Hbond substituents is 2. The number of nitrogens with zero attached hydrogens (tertiary/aromatic N) is 2. The first kappa shape index (κ1) is 15.1. The Balaban J connectivity index is 1.98. The van der Waals surface area contributed by atoms with Crippen molar-refractivity contribution in [3.8, 4) is 22.6 Å². The van der Waals surface area contributed by atoms with E-state index in [0.29, 0.717) is 16.4 Å². The maximum atomic E-state index is 9.80. The minimum Gasteiger partial charge on any atom is -0.508 e. The van der Waals surface area contributed by atoms with Crippen molar-refractivity contribution < 1.29 is 10.2 Å². The largest absolute Gasteiger partial charge is 0.508 e. The number of hydrogen-bond acceptors (Lipinski definition) is 4. The SMILES string of the molecule is Cc1[nH]nc(N=Cc2ccc(O)cc2O)c1-c1ccc(Cl)cc1. The number of halogens is 1. The van der Waals surface area contributed by atoms with E-state index in [-0.39, 0.29) is 11.5 Å². The van der Waals surface area contributed by atoms with Crippen LogP contribution in [0.2, 0.25) is 5.02 Å². The molecule has 23 heavy (non-hydrogen) atoms. The van der Waals surface area contributed by atoms with E-state index >= 15 is 0 Å². The lowest BCUT2D eigenvalue weighted by Crippen LogP contribution is -1.83. The van der Waals surface area contributed by atoms with E-state index in [2.05, 4.69) is 15.2 Å². The smallest absolute Gasteiger partial charge is 0.181 e. The molecule has 0 aliphatic carbocycles. The predicted molar refractivity (Wildman–Crippen MR) is 90.8 cm³/mol. The van der Waals surface area contributed by atoms with Gasteiger partial charge in [-0.05, 0) is 36.8 Å². The fourth-order valence-corrected chi connectivity index (χ4v) is 2.37. The summed E-state index contributed by atoms with van der Waals surface area (Å²) in [6.45, 7) is 1.91. The van der Waals surface area contributed by atoms with Gasteiger partial charge in [0.25, 0.3) is 0 Å². The van der Waals surface area contributed by atoms with Gasteiger partial charge in [0.05, 0.1) is 0 Å². The van der Waals surface area contributed by atoms with Crippen LogP contribution < -0.4 is 0 Å². The van der Waals surface area contributed by atoms with Crippen LogP contribution in [0.1, 0.15) is 11.3 Å². The third kappa shape index (κ3) is 3.19. The van der Waals surface area contributed by atoms with Crippen LogP contribution in [0.4, 0.5) is 5.82 Å². The van der Waals surface area contributed by atoms with E-state index in [1.54, 1.807) is 6.07 Å². The van der Waals surface area contributed by atoms with Crippen molar-refractivity contribution >= 4 is 23.6 Å². The Morgan fingerprint density at radius 1 is 1.13 bits per heavy atom. The van der Waals surface area contributed by atoms with Crippen molar-refractivity contribution in [3.63, 3.8) is 0 Å². The maximum Gasteiger partial charge on any atom is 0.181 e. The Labute approximate surface area is 137 Å². The molecule has 0 atom stereocenters. The number of aromatic amines is 1. The second kappa shape index (κ2) is 6.14. The van der Waals surface area contributed by atoms with Gasteiger partial charge in [-0.3, -0.25) is 5.10 Å². The van der Waals surface area contributed by atoms with Gasteiger partial charge < -0.3 is 10.2 Å². The van der Waals surface area contributed by atoms with Gasteiger partial charge in [-0.15, -0.1) is 0 Å². The van der Waals surface area contributed by atoms with E-state index in [0.717, 1.165) is 16.8 Å². The molecule has 0 spiro atoms. The number of aryl methyl sites for hydroxylation is 1. The lowest BCUT2D eigenvalue weighted by atomic mass is 10.1. The van der Waals surface area contributed by atoms with E-state index in [1.165, 1.54) is 18.3 Å². The zero-order valence-corrected chi connectivity index (χ0v) is 13.0. The normalized spacial score (nSPS) is 11.2. The molecule has 0 amide bonds. The molecular weight excluding hydrogens is 314 g/mol. The molecule has 116 valence electrons.